The minimum absolute atomic E-state index is 0.0456. The first-order valence-electron chi connectivity index (χ1n) is 15.9. The minimum atomic E-state index is -0.385. The molecule has 1 aliphatic heterocycles. The second-order valence-corrected chi connectivity index (χ2v) is 13.7. The maximum Gasteiger partial charge on any atom is 0.223 e. The summed E-state index contributed by atoms with van der Waals surface area (Å²) < 4.78 is 62.8. The summed E-state index contributed by atoms with van der Waals surface area (Å²) in [5.74, 6) is 0.646. The molecule has 6 aromatic rings. The Kier molecular flexibility index (Phi) is 15.9. The standard InChI is InChI=1S/C13H15FN4O.C9H6BrFN2O.C7H6BrFN2O.C7H3BrFN/c1-9-16-13(17-19-9)10-2-3-11(14)12(8-10)18-6-4-15-5-7-18;1-5-12-9(13-14-5)6-2-3-8(11)7(10)4-6;8-5-3-4(7(10)11-12)1-2-6(5)9;1-10-5-2-3-7(9)6(8)4-5/h2-3,8,15H,4-7H2,1H3;2-4H,1H3;1-3,12H,(H2,10,11);2-4H. The summed E-state index contributed by atoms with van der Waals surface area (Å²) in [5.41, 5.74) is 8.26. The van der Waals surface area contributed by atoms with Gasteiger partial charge in [-0.05, 0) is 115 Å². The predicted octanol–water partition coefficient (Wildman–Crippen LogP) is 9.36. The van der Waals surface area contributed by atoms with Gasteiger partial charge in [-0.1, -0.05) is 21.5 Å². The number of piperazine rings is 1. The van der Waals surface area contributed by atoms with Crippen molar-refractivity contribution in [1.82, 2.24) is 25.6 Å². The van der Waals surface area contributed by atoms with Gasteiger partial charge in [-0.25, -0.2) is 22.4 Å². The molecule has 0 bridgehead atoms. The molecule has 4 aromatic carbocycles. The lowest BCUT2D eigenvalue weighted by atomic mass is 10.1. The summed E-state index contributed by atoms with van der Waals surface area (Å²) in [4.78, 5) is 13.4. The molecular formula is C36H30Br3F4N9O3. The van der Waals surface area contributed by atoms with E-state index >= 15 is 0 Å². The fraction of sp³-hybridized carbons (Fsp3) is 0.167. The lowest BCUT2D eigenvalue weighted by Crippen LogP contribution is -2.43. The van der Waals surface area contributed by atoms with Crippen molar-refractivity contribution < 1.29 is 31.8 Å². The van der Waals surface area contributed by atoms with E-state index in [1.165, 1.54) is 48.5 Å². The van der Waals surface area contributed by atoms with E-state index in [0.717, 1.165) is 37.3 Å². The molecule has 0 atom stereocenters. The maximum absolute atomic E-state index is 13.9. The molecule has 1 fully saturated rings. The number of rotatable bonds is 4. The van der Waals surface area contributed by atoms with Crippen LogP contribution in [-0.4, -0.2) is 57.5 Å². The number of halogens is 7. The topological polar surface area (TPSA) is 156 Å². The highest BCUT2D eigenvalue weighted by molar-refractivity contribution is 9.11. The molecular weight excluding hydrogens is 922 g/mol. The van der Waals surface area contributed by atoms with Crippen LogP contribution >= 0.6 is 47.8 Å². The van der Waals surface area contributed by atoms with Crippen molar-refractivity contribution in [3.05, 3.63) is 138 Å². The third kappa shape index (κ3) is 12.4. The summed E-state index contributed by atoms with van der Waals surface area (Å²) in [5, 5.41) is 21.9. The Labute approximate surface area is 337 Å². The third-order valence-electron chi connectivity index (χ3n) is 7.25. The first-order valence-corrected chi connectivity index (χ1v) is 18.2. The van der Waals surface area contributed by atoms with Crippen molar-refractivity contribution in [1.29, 1.82) is 0 Å². The van der Waals surface area contributed by atoms with Crippen molar-refractivity contribution in [3.63, 3.8) is 0 Å². The Balaban J connectivity index is 0.000000168. The number of oxime groups is 1. The van der Waals surface area contributed by atoms with Crippen LogP contribution in [0.25, 0.3) is 27.6 Å². The number of amidine groups is 1. The Morgan fingerprint density at radius 2 is 1.25 bits per heavy atom. The first-order chi connectivity index (χ1) is 26.3. The number of anilines is 1. The van der Waals surface area contributed by atoms with E-state index in [2.05, 4.69) is 83.4 Å². The van der Waals surface area contributed by atoms with E-state index in [0.29, 0.717) is 49.3 Å². The van der Waals surface area contributed by atoms with Crippen LogP contribution in [0.3, 0.4) is 0 Å². The fourth-order valence-corrected chi connectivity index (χ4v) is 5.66. The van der Waals surface area contributed by atoms with Crippen LogP contribution in [0, 0.1) is 43.7 Å². The van der Waals surface area contributed by atoms with E-state index in [4.69, 9.17) is 26.6 Å². The normalized spacial score (nSPS) is 12.3. The summed E-state index contributed by atoms with van der Waals surface area (Å²) in [6, 6.07) is 17.7. The largest absolute Gasteiger partial charge is 0.409 e. The second-order valence-electron chi connectivity index (χ2n) is 11.1. The number of nitrogens with two attached hydrogens (primary N) is 1. The van der Waals surface area contributed by atoms with E-state index in [1.54, 1.807) is 38.1 Å². The predicted molar refractivity (Wildman–Crippen MR) is 209 cm³/mol. The molecule has 1 aliphatic rings. The van der Waals surface area contributed by atoms with Crippen molar-refractivity contribution in [2.45, 2.75) is 13.8 Å². The van der Waals surface area contributed by atoms with Crippen LogP contribution in [0.2, 0.25) is 0 Å². The van der Waals surface area contributed by atoms with Gasteiger partial charge in [0.05, 0.1) is 21.2 Å². The van der Waals surface area contributed by atoms with Crippen molar-refractivity contribution in [2.75, 3.05) is 31.1 Å². The van der Waals surface area contributed by atoms with Gasteiger partial charge in [0.25, 0.3) is 0 Å². The van der Waals surface area contributed by atoms with Gasteiger partial charge in [-0.15, -0.1) is 0 Å². The molecule has 7 rings (SSSR count). The number of hydrogen-bond donors (Lipinski definition) is 3. The van der Waals surface area contributed by atoms with Crippen LogP contribution in [0.4, 0.5) is 28.9 Å². The zero-order chi connectivity index (χ0) is 40.1. The molecule has 0 radical (unpaired) electrons. The van der Waals surface area contributed by atoms with E-state index < -0.39 is 0 Å². The average molecular weight is 952 g/mol. The van der Waals surface area contributed by atoms with Gasteiger partial charge in [0.2, 0.25) is 23.4 Å². The fourth-order valence-electron chi connectivity index (χ4n) is 4.54. The van der Waals surface area contributed by atoms with E-state index in [-0.39, 0.29) is 33.6 Å². The van der Waals surface area contributed by atoms with Crippen molar-refractivity contribution in [2.24, 2.45) is 10.9 Å². The summed E-state index contributed by atoms with van der Waals surface area (Å²) >= 11 is 9.03. The Morgan fingerprint density at radius 3 is 1.73 bits per heavy atom. The zero-order valence-electron chi connectivity index (χ0n) is 28.9. The van der Waals surface area contributed by atoms with Gasteiger partial charge in [-0.2, -0.15) is 9.97 Å². The van der Waals surface area contributed by atoms with Gasteiger partial charge in [0.15, 0.2) is 11.5 Å². The highest BCUT2D eigenvalue weighted by Crippen LogP contribution is 2.27. The van der Waals surface area contributed by atoms with Gasteiger partial charge < -0.3 is 30.2 Å². The highest BCUT2D eigenvalue weighted by Gasteiger charge is 2.17. The molecule has 4 N–H and O–H groups in total. The minimum Gasteiger partial charge on any atom is -0.409 e. The Morgan fingerprint density at radius 1 is 0.764 bits per heavy atom. The molecule has 0 spiro atoms. The summed E-state index contributed by atoms with van der Waals surface area (Å²) in [6.07, 6.45) is 0. The number of benzene rings is 4. The Hall–Kier alpha value is -5.16. The molecule has 286 valence electrons. The quantitative estimate of drug-likeness (QED) is 0.0389. The second kappa shape index (κ2) is 20.5. The molecule has 0 aliphatic carbocycles. The lowest BCUT2D eigenvalue weighted by Gasteiger charge is -2.29. The molecule has 19 heteroatoms. The third-order valence-corrected chi connectivity index (χ3v) is 9.07. The number of aromatic nitrogens is 4. The molecule has 1 saturated heterocycles. The molecule has 55 heavy (non-hydrogen) atoms. The van der Waals surface area contributed by atoms with Gasteiger partial charge >= 0.3 is 0 Å². The van der Waals surface area contributed by atoms with E-state index in [1.807, 2.05) is 4.90 Å². The summed E-state index contributed by atoms with van der Waals surface area (Å²) in [7, 11) is 0. The molecule has 0 unspecified atom stereocenters. The molecule has 3 heterocycles. The molecule has 0 amide bonds. The van der Waals surface area contributed by atoms with Gasteiger partial charge in [0.1, 0.15) is 23.3 Å². The van der Waals surface area contributed by atoms with Crippen LogP contribution in [0.5, 0.6) is 0 Å². The molecule has 2 aromatic heterocycles. The molecule has 0 saturated carbocycles. The van der Waals surface area contributed by atoms with Crippen LogP contribution < -0.4 is 16.0 Å². The monoisotopic (exact) mass is 949 g/mol. The summed E-state index contributed by atoms with van der Waals surface area (Å²) in [6.45, 7) is 13.4. The van der Waals surface area contributed by atoms with Crippen molar-refractivity contribution >= 4 is 65.0 Å². The number of nitrogens with zero attached hydrogens (tertiary/aromatic N) is 7. The number of nitrogens with one attached hydrogen (secondary N) is 1. The van der Waals surface area contributed by atoms with Crippen LogP contribution in [0.1, 0.15) is 17.3 Å². The first kappa shape index (κ1) is 42.6. The number of hydrogen-bond acceptors (Lipinski definition) is 10. The number of aryl methyl sites for hydroxylation is 2. The zero-order valence-corrected chi connectivity index (χ0v) is 33.6. The smallest absolute Gasteiger partial charge is 0.223 e. The van der Waals surface area contributed by atoms with Crippen LogP contribution in [-0.2, 0) is 0 Å². The maximum atomic E-state index is 13.9. The average Bonchev–Trinajstić information content (AvgIpc) is 3.84. The van der Waals surface area contributed by atoms with Crippen LogP contribution in [0.15, 0.2) is 100 Å². The SMILES string of the molecule is Cc1nc(-c2ccc(F)c(Br)c2)no1.Cc1nc(-c2ccc(F)c(N3CCNCC3)c2)no1.N/C(=N\O)c1ccc(F)c(Br)c1.[C-]#[N+]c1ccc(F)c(Br)c1. The lowest BCUT2D eigenvalue weighted by molar-refractivity contribution is 0.318. The van der Waals surface area contributed by atoms with Gasteiger partial charge in [0, 0.05) is 61.2 Å². The highest BCUT2D eigenvalue weighted by atomic mass is 79.9. The van der Waals surface area contributed by atoms with Crippen molar-refractivity contribution in [3.8, 4) is 22.8 Å². The van der Waals surface area contributed by atoms with Gasteiger partial charge in [-0.3, -0.25) is 0 Å². The Bertz CT molecular complexity index is 2290. The molecule has 12 nitrogen and oxygen atoms in total. The van der Waals surface area contributed by atoms with E-state index in [9.17, 15) is 17.6 Å².